The summed E-state index contributed by atoms with van der Waals surface area (Å²) in [5, 5.41) is 13.8. The van der Waals surface area contributed by atoms with Gasteiger partial charge < -0.3 is 5.32 Å². The van der Waals surface area contributed by atoms with Gasteiger partial charge in [-0.05, 0) is 58.4 Å². The topological polar surface area (TPSA) is 72.2 Å². The van der Waals surface area contributed by atoms with E-state index < -0.39 is 4.92 Å². The van der Waals surface area contributed by atoms with E-state index in [2.05, 4.69) is 35.7 Å². The minimum atomic E-state index is -0.397. The summed E-state index contributed by atoms with van der Waals surface area (Å²) in [6.07, 6.45) is 5.66. The van der Waals surface area contributed by atoms with E-state index in [-0.39, 0.29) is 17.5 Å². The average Bonchev–Trinajstić information content (AvgIpc) is 3.12. The Morgan fingerprint density at radius 3 is 2.52 bits per heavy atom. The van der Waals surface area contributed by atoms with Crippen LogP contribution in [-0.4, -0.2) is 17.4 Å². The van der Waals surface area contributed by atoms with Crippen LogP contribution in [-0.2, 0) is 11.2 Å². The van der Waals surface area contributed by atoms with Gasteiger partial charge in [0, 0.05) is 18.7 Å². The molecule has 1 amide bonds. The third-order valence-electron chi connectivity index (χ3n) is 5.57. The lowest BCUT2D eigenvalue weighted by atomic mass is 9.95. The highest BCUT2D eigenvalue weighted by Crippen LogP contribution is 2.45. The molecule has 4 rings (SSSR count). The van der Waals surface area contributed by atoms with Gasteiger partial charge >= 0.3 is 0 Å². The number of nitro groups is 1. The van der Waals surface area contributed by atoms with Gasteiger partial charge in [0.1, 0.15) is 0 Å². The van der Waals surface area contributed by atoms with Crippen LogP contribution in [0.15, 0.2) is 72.8 Å². The number of hydrogen-bond acceptors (Lipinski definition) is 3. The zero-order valence-corrected chi connectivity index (χ0v) is 17.4. The van der Waals surface area contributed by atoms with Gasteiger partial charge in [0.05, 0.1) is 10.8 Å². The highest BCUT2D eigenvalue weighted by molar-refractivity contribution is 5.96. The molecule has 5 nitrogen and oxygen atoms in total. The van der Waals surface area contributed by atoms with Gasteiger partial charge in [-0.25, -0.2) is 0 Å². The SMILES string of the molecule is CCCNC(=O)C1c2ccccc2-c2cc(CC=Cc3ccc([N+](=O)[O-])cc3)ccc21. The first kappa shape index (κ1) is 20.5. The molecule has 0 bridgehead atoms. The fourth-order valence-corrected chi connectivity index (χ4v) is 4.05. The van der Waals surface area contributed by atoms with E-state index in [1.807, 2.05) is 31.2 Å². The molecule has 0 radical (unpaired) electrons. The maximum Gasteiger partial charge on any atom is 0.269 e. The van der Waals surface area contributed by atoms with E-state index in [4.69, 9.17) is 0 Å². The maximum absolute atomic E-state index is 12.8. The Labute approximate surface area is 181 Å². The third-order valence-corrected chi connectivity index (χ3v) is 5.57. The minimum Gasteiger partial charge on any atom is -0.355 e. The van der Waals surface area contributed by atoms with Crippen LogP contribution in [0.2, 0.25) is 0 Å². The molecule has 1 atom stereocenters. The van der Waals surface area contributed by atoms with E-state index in [9.17, 15) is 14.9 Å². The van der Waals surface area contributed by atoms with Crippen molar-refractivity contribution in [3.05, 3.63) is 105 Å². The first-order valence-corrected chi connectivity index (χ1v) is 10.5. The van der Waals surface area contributed by atoms with Gasteiger partial charge in [0.25, 0.3) is 5.69 Å². The Bertz CT molecular complexity index is 1150. The predicted molar refractivity (Wildman–Crippen MR) is 123 cm³/mol. The van der Waals surface area contributed by atoms with Crippen molar-refractivity contribution in [2.24, 2.45) is 0 Å². The summed E-state index contributed by atoms with van der Waals surface area (Å²) in [5.74, 6) is -0.207. The molecule has 3 aromatic carbocycles. The van der Waals surface area contributed by atoms with E-state index in [0.717, 1.165) is 46.2 Å². The van der Waals surface area contributed by atoms with Crippen LogP contribution in [0.1, 0.15) is 41.5 Å². The number of amides is 1. The normalized spacial score (nSPS) is 14.3. The first-order valence-electron chi connectivity index (χ1n) is 10.5. The molecule has 0 fully saturated rings. The molecular weight excluding hydrogens is 388 g/mol. The Morgan fingerprint density at radius 2 is 1.77 bits per heavy atom. The van der Waals surface area contributed by atoms with Gasteiger partial charge in [-0.1, -0.05) is 61.5 Å². The fourth-order valence-electron chi connectivity index (χ4n) is 4.05. The van der Waals surface area contributed by atoms with Crippen molar-refractivity contribution in [3.8, 4) is 11.1 Å². The molecule has 1 aliphatic carbocycles. The first-order chi connectivity index (χ1) is 15.1. The minimum absolute atomic E-state index is 0.0545. The summed E-state index contributed by atoms with van der Waals surface area (Å²) in [4.78, 5) is 23.2. The highest BCUT2D eigenvalue weighted by atomic mass is 16.6. The van der Waals surface area contributed by atoms with Gasteiger partial charge in [-0.3, -0.25) is 14.9 Å². The smallest absolute Gasteiger partial charge is 0.269 e. The maximum atomic E-state index is 12.8. The number of rotatable bonds is 7. The summed E-state index contributed by atoms with van der Waals surface area (Å²) in [6.45, 7) is 2.73. The second kappa shape index (κ2) is 8.96. The van der Waals surface area contributed by atoms with Gasteiger partial charge in [-0.15, -0.1) is 0 Å². The lowest BCUT2D eigenvalue weighted by Crippen LogP contribution is -2.29. The van der Waals surface area contributed by atoms with Gasteiger partial charge in [0.2, 0.25) is 5.91 Å². The number of nitro benzene ring substituents is 1. The molecule has 0 spiro atoms. The lowest BCUT2D eigenvalue weighted by molar-refractivity contribution is -0.384. The molecule has 3 aromatic rings. The second-order valence-electron chi connectivity index (χ2n) is 7.69. The quantitative estimate of drug-likeness (QED) is 0.412. The number of hydrogen-bond donors (Lipinski definition) is 1. The summed E-state index contributed by atoms with van der Waals surface area (Å²) < 4.78 is 0. The van der Waals surface area contributed by atoms with Crippen molar-refractivity contribution in [2.75, 3.05) is 6.54 Å². The van der Waals surface area contributed by atoms with Crippen LogP contribution in [0.4, 0.5) is 5.69 Å². The molecule has 1 N–H and O–H groups in total. The predicted octanol–water partition coefficient (Wildman–Crippen LogP) is 5.49. The number of fused-ring (bicyclic) bond motifs is 3. The Balaban J connectivity index is 1.56. The number of benzene rings is 3. The van der Waals surface area contributed by atoms with E-state index in [0.29, 0.717) is 6.54 Å². The molecule has 5 heteroatoms. The van der Waals surface area contributed by atoms with Crippen LogP contribution in [0, 0.1) is 10.1 Å². The van der Waals surface area contributed by atoms with Crippen molar-refractivity contribution in [2.45, 2.75) is 25.7 Å². The van der Waals surface area contributed by atoms with E-state index in [1.165, 1.54) is 12.1 Å². The summed E-state index contributed by atoms with van der Waals surface area (Å²) >= 11 is 0. The fraction of sp³-hybridized carbons (Fsp3) is 0.192. The Morgan fingerprint density at radius 1 is 1.03 bits per heavy atom. The van der Waals surface area contributed by atoms with Crippen molar-refractivity contribution in [1.82, 2.24) is 5.32 Å². The highest BCUT2D eigenvalue weighted by Gasteiger charge is 2.33. The van der Waals surface area contributed by atoms with Crippen LogP contribution in [0.25, 0.3) is 17.2 Å². The van der Waals surface area contributed by atoms with Crippen molar-refractivity contribution >= 4 is 17.7 Å². The van der Waals surface area contributed by atoms with Gasteiger partial charge in [-0.2, -0.15) is 0 Å². The average molecular weight is 412 g/mol. The van der Waals surface area contributed by atoms with Crippen LogP contribution in [0.5, 0.6) is 0 Å². The van der Waals surface area contributed by atoms with Crippen molar-refractivity contribution in [1.29, 1.82) is 0 Å². The largest absolute Gasteiger partial charge is 0.355 e. The molecule has 1 unspecified atom stereocenters. The molecule has 0 heterocycles. The number of non-ortho nitro benzene ring substituents is 1. The molecule has 0 saturated heterocycles. The molecule has 31 heavy (non-hydrogen) atoms. The molecule has 0 aliphatic heterocycles. The zero-order chi connectivity index (χ0) is 21.8. The van der Waals surface area contributed by atoms with Crippen LogP contribution in [0.3, 0.4) is 0 Å². The molecule has 156 valence electrons. The number of carbonyl (C=O) groups is 1. The van der Waals surface area contributed by atoms with Crippen molar-refractivity contribution in [3.63, 3.8) is 0 Å². The van der Waals surface area contributed by atoms with Crippen LogP contribution >= 0.6 is 0 Å². The zero-order valence-electron chi connectivity index (χ0n) is 17.4. The standard InChI is InChI=1S/C26H24N2O3/c1-2-16-27-26(29)25-22-9-4-3-8-21(22)24-17-19(12-15-23(24)25)7-5-6-18-10-13-20(14-11-18)28(30)31/h3-6,8-15,17,25H,2,7,16H2,1H3,(H,27,29). The van der Waals surface area contributed by atoms with Crippen molar-refractivity contribution < 1.29 is 9.72 Å². The van der Waals surface area contributed by atoms with Gasteiger partial charge in [0.15, 0.2) is 0 Å². The monoisotopic (exact) mass is 412 g/mol. The van der Waals surface area contributed by atoms with Crippen LogP contribution < -0.4 is 5.32 Å². The summed E-state index contributed by atoms with van der Waals surface area (Å²) in [6, 6.07) is 20.9. The van der Waals surface area contributed by atoms with E-state index in [1.54, 1.807) is 12.1 Å². The van der Waals surface area contributed by atoms with E-state index >= 15 is 0 Å². The summed E-state index contributed by atoms with van der Waals surface area (Å²) in [5.41, 5.74) is 6.52. The number of nitrogens with one attached hydrogen (secondary N) is 1. The lowest BCUT2D eigenvalue weighted by Gasteiger charge is -2.13. The number of allylic oxidation sites excluding steroid dienone is 1. The number of carbonyl (C=O) groups excluding carboxylic acids is 1. The third kappa shape index (κ3) is 4.26. The molecule has 0 aromatic heterocycles. The Hall–Kier alpha value is -3.73. The second-order valence-corrected chi connectivity index (χ2v) is 7.69. The number of nitrogens with zero attached hydrogens (tertiary/aromatic N) is 1. The molecular formula is C26H24N2O3. The molecule has 0 saturated carbocycles. The molecule has 1 aliphatic rings. The summed E-state index contributed by atoms with van der Waals surface area (Å²) in [7, 11) is 0. The Kier molecular flexibility index (Phi) is 5.94.